The first-order chi connectivity index (χ1) is 20.1. The number of carbonyl (C=O) groups is 2. The van der Waals surface area contributed by atoms with Crippen LogP contribution in [0.2, 0.25) is 0 Å². The molecule has 0 heterocycles. The molecule has 224 valence electrons. The summed E-state index contributed by atoms with van der Waals surface area (Å²) in [5, 5.41) is 3.08. The van der Waals surface area contributed by atoms with Gasteiger partial charge in [-0.25, -0.2) is 8.42 Å². The molecule has 9 nitrogen and oxygen atoms in total. The molecule has 3 aromatic rings. The average Bonchev–Trinajstić information content (AvgIpc) is 3.51. The minimum atomic E-state index is -4.18. The third-order valence-electron chi connectivity index (χ3n) is 7.57. The van der Waals surface area contributed by atoms with E-state index in [-0.39, 0.29) is 29.1 Å². The lowest BCUT2D eigenvalue weighted by Crippen LogP contribution is -2.52. The predicted octanol–water partition coefficient (Wildman–Crippen LogP) is 4.68. The Kier molecular flexibility index (Phi) is 10.1. The van der Waals surface area contributed by atoms with Crippen LogP contribution in [-0.2, 0) is 26.2 Å². The van der Waals surface area contributed by atoms with E-state index in [4.69, 9.17) is 9.47 Å². The summed E-state index contributed by atoms with van der Waals surface area (Å²) < 4.78 is 39.8. The number of rotatable bonds is 12. The van der Waals surface area contributed by atoms with Crippen LogP contribution >= 0.6 is 0 Å². The Balaban J connectivity index is 1.72. The van der Waals surface area contributed by atoms with Gasteiger partial charge in [-0.15, -0.1) is 0 Å². The van der Waals surface area contributed by atoms with Crippen molar-refractivity contribution in [2.45, 2.75) is 63.1 Å². The molecule has 0 unspecified atom stereocenters. The van der Waals surface area contributed by atoms with Crippen LogP contribution in [0.25, 0.3) is 0 Å². The number of hydrogen-bond acceptors (Lipinski definition) is 6. The Bertz CT molecular complexity index is 1490. The van der Waals surface area contributed by atoms with Crippen LogP contribution < -0.4 is 19.1 Å². The van der Waals surface area contributed by atoms with Gasteiger partial charge in [-0.3, -0.25) is 13.9 Å². The molecular weight excluding hydrogens is 554 g/mol. The van der Waals surface area contributed by atoms with Crippen molar-refractivity contribution in [1.82, 2.24) is 10.2 Å². The van der Waals surface area contributed by atoms with Gasteiger partial charge in [0.15, 0.2) is 11.5 Å². The number of amides is 2. The molecule has 1 aliphatic rings. The van der Waals surface area contributed by atoms with E-state index in [1.54, 1.807) is 37.3 Å². The molecule has 0 saturated heterocycles. The zero-order valence-electron chi connectivity index (χ0n) is 24.6. The van der Waals surface area contributed by atoms with Gasteiger partial charge in [0.25, 0.3) is 10.0 Å². The van der Waals surface area contributed by atoms with E-state index in [0.29, 0.717) is 11.5 Å². The molecule has 1 saturated carbocycles. The standard InChI is InChI=1S/C32H39N3O6S/c1-23-11-10-12-25(19-23)21-34(24(2)32(37)33-26-13-8-9-14-26)31(36)22-35(42(38,39)28-15-6-5-7-16-28)27-17-18-29(40-3)30(20-27)41-4/h5-7,10-12,15-20,24,26H,8-9,13-14,21-22H2,1-4H3,(H,33,37)/t24-/m1/s1. The number of nitrogens with zero attached hydrogens (tertiary/aromatic N) is 2. The molecule has 3 aromatic carbocycles. The maximum absolute atomic E-state index is 14.1. The summed E-state index contributed by atoms with van der Waals surface area (Å²) in [7, 11) is -1.24. The van der Waals surface area contributed by atoms with Gasteiger partial charge < -0.3 is 19.7 Å². The zero-order chi connectivity index (χ0) is 30.3. The normalized spacial score (nSPS) is 14.2. The molecule has 0 radical (unpaired) electrons. The molecule has 1 N–H and O–H groups in total. The first-order valence-electron chi connectivity index (χ1n) is 14.1. The molecule has 1 aliphatic carbocycles. The fourth-order valence-electron chi connectivity index (χ4n) is 5.21. The van der Waals surface area contributed by atoms with Crippen LogP contribution in [0.1, 0.15) is 43.7 Å². The van der Waals surface area contributed by atoms with Gasteiger partial charge in [0.1, 0.15) is 12.6 Å². The number of methoxy groups -OCH3 is 2. The second-order valence-corrected chi connectivity index (χ2v) is 12.4. The fraction of sp³-hybridized carbons (Fsp3) is 0.375. The lowest BCUT2D eigenvalue weighted by atomic mass is 10.1. The van der Waals surface area contributed by atoms with E-state index in [1.807, 2.05) is 31.2 Å². The van der Waals surface area contributed by atoms with Crippen molar-refractivity contribution in [3.8, 4) is 11.5 Å². The van der Waals surface area contributed by atoms with Crippen molar-refractivity contribution in [2.75, 3.05) is 25.1 Å². The number of ether oxygens (including phenoxy) is 2. The topological polar surface area (TPSA) is 105 Å². The van der Waals surface area contributed by atoms with Crippen LogP contribution in [-0.4, -0.2) is 58.0 Å². The Morgan fingerprint density at radius 3 is 2.26 bits per heavy atom. The summed E-state index contributed by atoms with van der Waals surface area (Å²) in [6, 6.07) is 19.6. The maximum Gasteiger partial charge on any atom is 0.264 e. The highest BCUT2D eigenvalue weighted by Gasteiger charge is 2.33. The van der Waals surface area contributed by atoms with Crippen molar-refractivity contribution >= 4 is 27.5 Å². The monoisotopic (exact) mass is 593 g/mol. The first kappa shape index (κ1) is 30.9. The molecule has 1 atom stereocenters. The molecule has 0 aromatic heterocycles. The largest absolute Gasteiger partial charge is 0.493 e. The average molecular weight is 594 g/mol. The van der Waals surface area contributed by atoms with Crippen LogP contribution in [0.3, 0.4) is 0 Å². The summed E-state index contributed by atoms with van der Waals surface area (Å²) in [5.74, 6) is -0.0362. The summed E-state index contributed by atoms with van der Waals surface area (Å²) in [5.41, 5.74) is 2.08. The van der Waals surface area contributed by atoms with Gasteiger partial charge in [0.05, 0.1) is 24.8 Å². The number of nitrogens with one attached hydrogen (secondary N) is 1. The van der Waals surface area contributed by atoms with Gasteiger partial charge in [-0.05, 0) is 56.5 Å². The molecule has 0 spiro atoms. The highest BCUT2D eigenvalue weighted by atomic mass is 32.2. The smallest absolute Gasteiger partial charge is 0.264 e. The maximum atomic E-state index is 14.1. The van der Waals surface area contributed by atoms with E-state index in [2.05, 4.69) is 5.32 Å². The van der Waals surface area contributed by atoms with Gasteiger partial charge >= 0.3 is 0 Å². The molecule has 2 amide bonds. The van der Waals surface area contributed by atoms with Crippen molar-refractivity contribution in [1.29, 1.82) is 0 Å². The number of carbonyl (C=O) groups excluding carboxylic acids is 2. The minimum Gasteiger partial charge on any atom is -0.493 e. The van der Waals surface area contributed by atoms with E-state index >= 15 is 0 Å². The summed E-state index contributed by atoms with van der Waals surface area (Å²) >= 11 is 0. The van der Waals surface area contributed by atoms with Gasteiger partial charge in [-0.2, -0.15) is 0 Å². The molecular formula is C32H39N3O6S. The van der Waals surface area contributed by atoms with Gasteiger partial charge in [-0.1, -0.05) is 60.9 Å². The van der Waals surface area contributed by atoms with E-state index in [9.17, 15) is 18.0 Å². The lowest BCUT2D eigenvalue weighted by Gasteiger charge is -2.32. The Hall–Kier alpha value is -4.05. The molecule has 0 bridgehead atoms. The minimum absolute atomic E-state index is 0.0323. The molecule has 1 fully saturated rings. The molecule has 4 rings (SSSR count). The third-order valence-corrected chi connectivity index (χ3v) is 9.36. The van der Waals surface area contributed by atoms with E-state index < -0.39 is 28.5 Å². The molecule has 0 aliphatic heterocycles. The van der Waals surface area contributed by atoms with Crippen molar-refractivity contribution in [3.05, 3.63) is 83.9 Å². The number of anilines is 1. The highest BCUT2D eigenvalue weighted by Crippen LogP contribution is 2.34. The van der Waals surface area contributed by atoms with Crippen molar-refractivity contribution < 1.29 is 27.5 Å². The van der Waals surface area contributed by atoms with Crippen LogP contribution in [0.5, 0.6) is 11.5 Å². The van der Waals surface area contributed by atoms with E-state index in [1.165, 1.54) is 37.3 Å². The summed E-state index contributed by atoms with van der Waals surface area (Å²) in [6.07, 6.45) is 3.94. The fourth-order valence-corrected chi connectivity index (χ4v) is 6.64. The SMILES string of the molecule is COc1ccc(N(CC(=O)N(Cc2cccc(C)c2)[C@H](C)C(=O)NC2CCCC2)S(=O)(=O)c2ccccc2)cc1OC. The predicted molar refractivity (Wildman–Crippen MR) is 162 cm³/mol. The van der Waals surface area contributed by atoms with Crippen molar-refractivity contribution in [3.63, 3.8) is 0 Å². The Labute approximate surface area is 248 Å². The quantitative estimate of drug-likeness (QED) is 0.327. The number of aryl methyl sites for hydroxylation is 1. The first-order valence-corrected chi connectivity index (χ1v) is 15.5. The number of hydrogen-bond donors (Lipinski definition) is 1. The summed E-state index contributed by atoms with van der Waals surface area (Å²) in [4.78, 5) is 29.0. The van der Waals surface area contributed by atoms with Crippen LogP contribution in [0.4, 0.5) is 5.69 Å². The highest BCUT2D eigenvalue weighted by molar-refractivity contribution is 7.92. The Morgan fingerprint density at radius 2 is 1.62 bits per heavy atom. The number of benzene rings is 3. The number of sulfonamides is 1. The molecule has 42 heavy (non-hydrogen) atoms. The van der Waals surface area contributed by atoms with Gasteiger partial charge in [0.2, 0.25) is 11.8 Å². The lowest BCUT2D eigenvalue weighted by molar-refractivity contribution is -0.139. The zero-order valence-corrected chi connectivity index (χ0v) is 25.4. The molecule has 10 heteroatoms. The Morgan fingerprint density at radius 1 is 0.929 bits per heavy atom. The summed E-state index contributed by atoms with van der Waals surface area (Å²) in [6.45, 7) is 3.26. The van der Waals surface area contributed by atoms with E-state index in [0.717, 1.165) is 41.1 Å². The second kappa shape index (κ2) is 13.7. The third kappa shape index (κ3) is 7.23. The van der Waals surface area contributed by atoms with Crippen molar-refractivity contribution in [2.24, 2.45) is 0 Å². The van der Waals surface area contributed by atoms with Gasteiger partial charge in [0, 0.05) is 18.7 Å². The second-order valence-electron chi connectivity index (χ2n) is 10.5. The van der Waals surface area contributed by atoms with Crippen LogP contribution in [0.15, 0.2) is 77.7 Å². The van der Waals surface area contributed by atoms with Crippen LogP contribution in [0, 0.1) is 6.92 Å².